The van der Waals surface area contributed by atoms with Gasteiger partial charge in [-0.15, -0.1) is 0 Å². The average molecular weight is 367 g/mol. The molecule has 24 heavy (non-hydrogen) atoms. The Morgan fingerprint density at radius 3 is 2.12 bits per heavy atom. The van der Waals surface area contributed by atoms with Crippen LogP contribution in [0.4, 0.5) is 11.4 Å². The number of aryl methyl sites for hydroxylation is 2. The summed E-state index contributed by atoms with van der Waals surface area (Å²) in [6.07, 6.45) is 1.08. The van der Waals surface area contributed by atoms with Crippen molar-refractivity contribution in [3.05, 3.63) is 58.6 Å². The lowest BCUT2D eigenvalue weighted by Crippen LogP contribution is -2.37. The number of amides is 1. The molecule has 0 aliphatic heterocycles. The van der Waals surface area contributed by atoms with E-state index in [1.54, 1.807) is 36.4 Å². The van der Waals surface area contributed by atoms with Gasteiger partial charge >= 0.3 is 0 Å². The molecule has 5 nitrogen and oxygen atoms in total. The summed E-state index contributed by atoms with van der Waals surface area (Å²) in [5, 5.41) is 3.22. The Hall–Kier alpha value is -2.05. The molecule has 0 bridgehead atoms. The molecular formula is C17H19ClN2O3S. The van der Waals surface area contributed by atoms with Gasteiger partial charge in [-0.25, -0.2) is 8.42 Å². The molecule has 0 saturated carbocycles. The summed E-state index contributed by atoms with van der Waals surface area (Å²) in [6, 6.07) is 12.0. The van der Waals surface area contributed by atoms with Gasteiger partial charge in [-0.3, -0.25) is 9.10 Å². The van der Waals surface area contributed by atoms with Crippen LogP contribution < -0.4 is 9.62 Å². The lowest BCUT2D eigenvalue weighted by atomic mass is 10.1. The predicted octanol–water partition coefficient (Wildman–Crippen LogP) is 3.36. The van der Waals surface area contributed by atoms with Crippen molar-refractivity contribution in [1.82, 2.24) is 0 Å². The smallest absolute Gasteiger partial charge is 0.245 e. The van der Waals surface area contributed by atoms with Crippen molar-refractivity contribution >= 4 is 38.9 Å². The third-order valence-electron chi connectivity index (χ3n) is 3.31. The molecule has 0 saturated heterocycles. The summed E-state index contributed by atoms with van der Waals surface area (Å²) in [5.41, 5.74) is 2.88. The van der Waals surface area contributed by atoms with Crippen LogP contribution in [0, 0.1) is 13.8 Å². The first-order valence-corrected chi connectivity index (χ1v) is 9.49. The number of carbonyl (C=O) groups is 1. The fourth-order valence-electron chi connectivity index (χ4n) is 2.36. The molecular weight excluding hydrogens is 348 g/mol. The number of carbonyl (C=O) groups excluding carboxylic acids is 1. The molecule has 0 radical (unpaired) electrons. The summed E-state index contributed by atoms with van der Waals surface area (Å²) in [7, 11) is -3.59. The third-order valence-corrected chi connectivity index (χ3v) is 4.70. The summed E-state index contributed by atoms with van der Waals surface area (Å²) < 4.78 is 25.3. The van der Waals surface area contributed by atoms with E-state index in [9.17, 15) is 13.2 Å². The maximum atomic E-state index is 12.2. The topological polar surface area (TPSA) is 66.5 Å². The van der Waals surface area contributed by atoms with E-state index >= 15 is 0 Å². The first-order chi connectivity index (χ1) is 11.1. The Balaban J connectivity index is 2.23. The Kier molecular flexibility index (Phi) is 5.51. The highest BCUT2D eigenvalue weighted by Crippen LogP contribution is 2.21. The Morgan fingerprint density at radius 2 is 1.62 bits per heavy atom. The number of anilines is 2. The molecule has 0 aliphatic carbocycles. The number of halogens is 1. The van der Waals surface area contributed by atoms with Crippen LogP contribution in [0.15, 0.2) is 42.5 Å². The quantitative estimate of drug-likeness (QED) is 0.882. The minimum Gasteiger partial charge on any atom is -0.325 e. The fourth-order valence-corrected chi connectivity index (χ4v) is 3.32. The van der Waals surface area contributed by atoms with Gasteiger partial charge in [0.05, 0.1) is 11.9 Å². The summed E-state index contributed by atoms with van der Waals surface area (Å²) >= 11 is 5.80. The van der Waals surface area contributed by atoms with Gasteiger partial charge in [-0.05, 0) is 61.4 Å². The van der Waals surface area contributed by atoms with Gasteiger partial charge in [0.2, 0.25) is 15.9 Å². The second kappa shape index (κ2) is 7.23. The Bertz CT molecular complexity index is 828. The second-order valence-electron chi connectivity index (χ2n) is 5.67. The molecule has 7 heteroatoms. The molecule has 1 amide bonds. The van der Waals surface area contributed by atoms with E-state index < -0.39 is 15.9 Å². The van der Waals surface area contributed by atoms with Gasteiger partial charge in [0.1, 0.15) is 6.54 Å². The van der Waals surface area contributed by atoms with Crippen molar-refractivity contribution in [2.75, 3.05) is 22.4 Å². The largest absolute Gasteiger partial charge is 0.325 e. The molecule has 0 aromatic heterocycles. The molecule has 2 aromatic carbocycles. The zero-order valence-electron chi connectivity index (χ0n) is 13.7. The van der Waals surface area contributed by atoms with Gasteiger partial charge in [0.25, 0.3) is 0 Å². The van der Waals surface area contributed by atoms with E-state index in [1.165, 1.54) is 0 Å². The molecule has 1 N–H and O–H groups in total. The standard InChI is InChI=1S/C17H19ClN2O3S/c1-12-8-13(2)10-16(9-12)20(24(3,22)23)11-17(21)19-15-6-4-14(18)5-7-15/h4-10H,11H2,1-3H3,(H,19,21). The van der Waals surface area contributed by atoms with E-state index in [0.29, 0.717) is 16.4 Å². The van der Waals surface area contributed by atoms with Crippen LogP contribution in [-0.2, 0) is 14.8 Å². The first-order valence-electron chi connectivity index (χ1n) is 7.26. The van der Waals surface area contributed by atoms with Crippen LogP contribution in [0.3, 0.4) is 0 Å². The van der Waals surface area contributed by atoms with Crippen LogP contribution >= 0.6 is 11.6 Å². The number of hydrogen-bond donors (Lipinski definition) is 1. The lowest BCUT2D eigenvalue weighted by Gasteiger charge is -2.22. The van der Waals surface area contributed by atoms with Crippen molar-refractivity contribution in [2.24, 2.45) is 0 Å². The SMILES string of the molecule is Cc1cc(C)cc(N(CC(=O)Nc2ccc(Cl)cc2)S(C)(=O)=O)c1. The number of nitrogens with one attached hydrogen (secondary N) is 1. The van der Waals surface area contributed by atoms with Gasteiger partial charge in [-0.2, -0.15) is 0 Å². The molecule has 0 aliphatic rings. The van der Waals surface area contributed by atoms with E-state index in [0.717, 1.165) is 21.7 Å². The molecule has 2 aromatic rings. The maximum Gasteiger partial charge on any atom is 0.245 e. The normalized spacial score (nSPS) is 11.2. The van der Waals surface area contributed by atoms with E-state index in [4.69, 9.17) is 11.6 Å². The number of nitrogens with zero attached hydrogens (tertiary/aromatic N) is 1. The Morgan fingerprint density at radius 1 is 1.08 bits per heavy atom. The predicted molar refractivity (Wildman–Crippen MR) is 98.2 cm³/mol. The van der Waals surface area contributed by atoms with Crippen molar-refractivity contribution < 1.29 is 13.2 Å². The molecule has 128 valence electrons. The zero-order valence-corrected chi connectivity index (χ0v) is 15.3. The third kappa shape index (κ3) is 4.97. The monoisotopic (exact) mass is 366 g/mol. The van der Waals surface area contributed by atoms with Crippen LogP contribution in [0.2, 0.25) is 5.02 Å². The van der Waals surface area contributed by atoms with Crippen molar-refractivity contribution in [3.8, 4) is 0 Å². The molecule has 0 atom stereocenters. The van der Waals surface area contributed by atoms with E-state index in [1.807, 2.05) is 19.9 Å². The summed E-state index contributed by atoms with van der Waals surface area (Å²) in [4.78, 5) is 12.2. The zero-order chi connectivity index (χ0) is 17.9. The van der Waals surface area contributed by atoms with Crippen molar-refractivity contribution in [1.29, 1.82) is 0 Å². The van der Waals surface area contributed by atoms with Crippen LogP contribution in [0.5, 0.6) is 0 Å². The number of hydrogen-bond acceptors (Lipinski definition) is 3. The second-order valence-corrected chi connectivity index (χ2v) is 8.01. The summed E-state index contributed by atoms with van der Waals surface area (Å²) in [5.74, 6) is -0.429. The molecule has 0 spiro atoms. The van der Waals surface area contributed by atoms with Crippen LogP contribution in [0.1, 0.15) is 11.1 Å². The highest BCUT2D eigenvalue weighted by Gasteiger charge is 2.21. The van der Waals surface area contributed by atoms with Gasteiger partial charge < -0.3 is 5.32 Å². The van der Waals surface area contributed by atoms with Crippen molar-refractivity contribution in [2.45, 2.75) is 13.8 Å². The van der Waals surface area contributed by atoms with Gasteiger partial charge in [0, 0.05) is 10.7 Å². The Labute approximate surface area is 147 Å². The van der Waals surface area contributed by atoms with Crippen LogP contribution in [-0.4, -0.2) is 27.1 Å². The minimum atomic E-state index is -3.59. The van der Waals surface area contributed by atoms with Crippen molar-refractivity contribution in [3.63, 3.8) is 0 Å². The molecule has 0 heterocycles. The summed E-state index contributed by atoms with van der Waals surface area (Å²) in [6.45, 7) is 3.46. The highest BCUT2D eigenvalue weighted by atomic mass is 35.5. The lowest BCUT2D eigenvalue weighted by molar-refractivity contribution is -0.114. The fraction of sp³-hybridized carbons (Fsp3) is 0.235. The van der Waals surface area contributed by atoms with E-state index in [2.05, 4.69) is 5.32 Å². The number of benzene rings is 2. The number of rotatable bonds is 5. The minimum absolute atomic E-state index is 0.301. The first kappa shape index (κ1) is 18.3. The van der Waals surface area contributed by atoms with Crippen LogP contribution in [0.25, 0.3) is 0 Å². The average Bonchev–Trinajstić information content (AvgIpc) is 2.45. The molecule has 0 fully saturated rings. The van der Waals surface area contributed by atoms with E-state index in [-0.39, 0.29) is 6.54 Å². The van der Waals surface area contributed by atoms with Gasteiger partial charge in [-0.1, -0.05) is 17.7 Å². The highest BCUT2D eigenvalue weighted by molar-refractivity contribution is 7.92. The number of sulfonamides is 1. The molecule has 0 unspecified atom stereocenters. The maximum absolute atomic E-state index is 12.2. The van der Waals surface area contributed by atoms with Gasteiger partial charge in [0.15, 0.2) is 0 Å². The molecule has 2 rings (SSSR count).